The Morgan fingerprint density at radius 1 is 1.33 bits per heavy atom. The minimum Gasteiger partial charge on any atom is -0.382 e. The minimum atomic E-state index is 0.550. The van der Waals surface area contributed by atoms with E-state index >= 15 is 0 Å². The molecule has 3 nitrogen and oxygen atoms in total. The van der Waals surface area contributed by atoms with Crippen molar-refractivity contribution in [2.24, 2.45) is 0 Å². The van der Waals surface area contributed by atoms with E-state index in [0.29, 0.717) is 6.04 Å². The quantitative estimate of drug-likeness (QED) is 0.881. The fourth-order valence-corrected chi connectivity index (χ4v) is 2.56. The Labute approximate surface area is 109 Å². The molecule has 2 aliphatic heterocycles. The molecule has 0 bridgehead atoms. The highest BCUT2D eigenvalue weighted by Crippen LogP contribution is 2.18. The third-order valence-corrected chi connectivity index (χ3v) is 3.80. The van der Waals surface area contributed by atoms with Gasteiger partial charge in [0.15, 0.2) is 0 Å². The molecule has 18 heavy (non-hydrogen) atoms. The Hall–Kier alpha value is -1.06. The van der Waals surface area contributed by atoms with Crippen LogP contribution < -0.4 is 5.32 Å². The largest absolute Gasteiger partial charge is 0.382 e. The Balaban J connectivity index is 1.58. The lowest BCUT2D eigenvalue weighted by atomic mass is 10.1. The second-order valence-electron chi connectivity index (χ2n) is 5.27. The number of likely N-dealkylation sites (tertiary alicyclic amines) is 1. The fourth-order valence-electron chi connectivity index (χ4n) is 2.56. The van der Waals surface area contributed by atoms with E-state index in [0.717, 1.165) is 38.3 Å². The van der Waals surface area contributed by atoms with Crippen molar-refractivity contribution in [3.05, 3.63) is 29.8 Å². The van der Waals surface area contributed by atoms with Crippen LogP contribution in [0.15, 0.2) is 18.2 Å². The first-order valence-corrected chi connectivity index (χ1v) is 6.97. The van der Waals surface area contributed by atoms with Crippen molar-refractivity contribution < 1.29 is 4.74 Å². The smallest absolute Gasteiger partial charge is 0.0485 e. The maximum atomic E-state index is 5.38. The van der Waals surface area contributed by atoms with Crippen LogP contribution in [0.25, 0.3) is 0 Å². The summed E-state index contributed by atoms with van der Waals surface area (Å²) >= 11 is 0. The molecule has 0 amide bonds. The molecule has 97 valence electrons. The lowest BCUT2D eigenvalue weighted by Crippen LogP contribution is -2.36. The van der Waals surface area contributed by atoms with Crippen LogP contribution >= 0.6 is 0 Å². The number of rotatable bonds is 4. The van der Waals surface area contributed by atoms with Crippen LogP contribution in [-0.4, -0.2) is 37.2 Å². The maximum Gasteiger partial charge on any atom is 0.0485 e. The van der Waals surface area contributed by atoms with Gasteiger partial charge in [0.1, 0.15) is 0 Å². The summed E-state index contributed by atoms with van der Waals surface area (Å²) in [6.07, 6.45) is 3.56. The number of nitrogens with one attached hydrogen (secondary N) is 1. The summed E-state index contributed by atoms with van der Waals surface area (Å²) in [5, 5.41) is 3.58. The molecule has 3 heteroatoms. The zero-order valence-electron chi connectivity index (χ0n) is 10.8. The van der Waals surface area contributed by atoms with Gasteiger partial charge in [-0.1, -0.05) is 12.1 Å². The number of ether oxygens (including phenoxy) is 1. The average Bonchev–Trinajstić information content (AvgIpc) is 2.36. The molecule has 1 radical (unpaired) electrons. The Bertz CT molecular complexity index is 384. The van der Waals surface area contributed by atoms with Crippen LogP contribution in [0.2, 0.25) is 0 Å². The summed E-state index contributed by atoms with van der Waals surface area (Å²) in [6, 6.07) is 10.3. The van der Waals surface area contributed by atoms with Crippen LogP contribution in [0, 0.1) is 6.07 Å². The molecule has 2 saturated heterocycles. The van der Waals surface area contributed by atoms with Crippen LogP contribution in [0.4, 0.5) is 5.69 Å². The number of hydrogen-bond donors (Lipinski definition) is 1. The molecule has 2 fully saturated rings. The molecular formula is C15H21N2O. The molecule has 2 aliphatic rings. The maximum absolute atomic E-state index is 5.38. The zero-order valence-corrected chi connectivity index (χ0v) is 10.8. The van der Waals surface area contributed by atoms with Gasteiger partial charge in [0.2, 0.25) is 0 Å². The molecule has 1 aromatic carbocycles. The standard InChI is InChI=1S/C15H21N2O/c1-3-13(12-17-7-2-8-17)11-15(4-1)16-14-5-9-18-10-6-14/h1,3,11,14,16H,2,5-10,12H2. The summed E-state index contributed by atoms with van der Waals surface area (Å²) in [7, 11) is 0. The highest BCUT2D eigenvalue weighted by Gasteiger charge is 2.15. The van der Waals surface area contributed by atoms with Crippen molar-refractivity contribution in [1.29, 1.82) is 0 Å². The highest BCUT2D eigenvalue weighted by atomic mass is 16.5. The van der Waals surface area contributed by atoms with Crippen LogP contribution in [-0.2, 0) is 11.3 Å². The zero-order chi connectivity index (χ0) is 12.2. The Morgan fingerprint density at radius 2 is 2.17 bits per heavy atom. The summed E-state index contributed by atoms with van der Waals surface area (Å²) < 4.78 is 5.38. The minimum absolute atomic E-state index is 0.550. The molecule has 3 rings (SSSR count). The van der Waals surface area contributed by atoms with Crippen LogP contribution in [0.3, 0.4) is 0 Å². The summed E-state index contributed by atoms with van der Waals surface area (Å²) in [6.45, 7) is 5.34. The lowest BCUT2D eigenvalue weighted by molar-refractivity contribution is 0.0904. The molecule has 0 aliphatic carbocycles. The molecule has 2 heterocycles. The second kappa shape index (κ2) is 5.72. The van der Waals surface area contributed by atoms with Gasteiger partial charge in [-0.3, -0.25) is 4.90 Å². The molecule has 0 aromatic heterocycles. The molecule has 1 aromatic rings. The molecule has 0 spiro atoms. The van der Waals surface area contributed by atoms with Crippen molar-refractivity contribution in [2.45, 2.75) is 31.8 Å². The van der Waals surface area contributed by atoms with Crippen molar-refractivity contribution >= 4 is 5.69 Å². The van der Waals surface area contributed by atoms with Gasteiger partial charge in [-0.15, -0.1) is 0 Å². The lowest BCUT2D eigenvalue weighted by Gasteiger charge is -2.31. The molecule has 0 saturated carbocycles. The normalized spacial score (nSPS) is 21.6. The molecular weight excluding hydrogens is 224 g/mol. The van der Waals surface area contributed by atoms with Gasteiger partial charge in [-0.25, -0.2) is 0 Å². The Morgan fingerprint density at radius 3 is 2.89 bits per heavy atom. The fraction of sp³-hybridized carbons (Fsp3) is 0.600. The van der Waals surface area contributed by atoms with E-state index in [1.165, 1.54) is 25.1 Å². The first-order valence-electron chi connectivity index (χ1n) is 6.97. The van der Waals surface area contributed by atoms with Gasteiger partial charge in [0.25, 0.3) is 0 Å². The monoisotopic (exact) mass is 245 g/mol. The number of nitrogens with zero attached hydrogens (tertiary/aromatic N) is 1. The van der Waals surface area contributed by atoms with Crippen molar-refractivity contribution in [1.82, 2.24) is 4.90 Å². The van der Waals surface area contributed by atoms with E-state index in [9.17, 15) is 0 Å². The third kappa shape index (κ3) is 3.03. The van der Waals surface area contributed by atoms with Crippen molar-refractivity contribution in [3.63, 3.8) is 0 Å². The van der Waals surface area contributed by atoms with Gasteiger partial charge >= 0.3 is 0 Å². The van der Waals surface area contributed by atoms with E-state index in [2.05, 4.69) is 28.4 Å². The van der Waals surface area contributed by atoms with Crippen LogP contribution in [0.5, 0.6) is 0 Å². The summed E-state index contributed by atoms with van der Waals surface area (Å²) in [5.74, 6) is 0. The van der Waals surface area contributed by atoms with E-state index in [-0.39, 0.29) is 0 Å². The topological polar surface area (TPSA) is 24.5 Å². The number of hydrogen-bond acceptors (Lipinski definition) is 3. The molecule has 1 N–H and O–H groups in total. The first-order chi connectivity index (χ1) is 8.90. The second-order valence-corrected chi connectivity index (χ2v) is 5.27. The van der Waals surface area contributed by atoms with Crippen molar-refractivity contribution in [3.8, 4) is 0 Å². The van der Waals surface area contributed by atoms with E-state index in [1.807, 2.05) is 6.07 Å². The van der Waals surface area contributed by atoms with E-state index < -0.39 is 0 Å². The van der Waals surface area contributed by atoms with Gasteiger partial charge in [-0.2, -0.15) is 0 Å². The summed E-state index contributed by atoms with van der Waals surface area (Å²) in [5.41, 5.74) is 2.53. The number of benzene rings is 1. The van der Waals surface area contributed by atoms with E-state index in [1.54, 1.807) is 0 Å². The summed E-state index contributed by atoms with van der Waals surface area (Å²) in [4.78, 5) is 2.48. The van der Waals surface area contributed by atoms with Gasteiger partial charge in [0.05, 0.1) is 0 Å². The van der Waals surface area contributed by atoms with E-state index in [4.69, 9.17) is 4.74 Å². The van der Waals surface area contributed by atoms with Gasteiger partial charge in [-0.05, 0) is 44.0 Å². The van der Waals surface area contributed by atoms with Crippen LogP contribution in [0.1, 0.15) is 24.8 Å². The van der Waals surface area contributed by atoms with Gasteiger partial charge < -0.3 is 10.1 Å². The van der Waals surface area contributed by atoms with Gasteiger partial charge in [0, 0.05) is 37.6 Å². The van der Waals surface area contributed by atoms with Crippen molar-refractivity contribution in [2.75, 3.05) is 31.6 Å². The third-order valence-electron chi connectivity index (χ3n) is 3.80. The predicted molar refractivity (Wildman–Crippen MR) is 72.6 cm³/mol. The number of anilines is 1. The molecule has 0 unspecified atom stereocenters. The highest BCUT2D eigenvalue weighted by molar-refractivity contribution is 5.45. The molecule has 0 atom stereocenters. The Kier molecular flexibility index (Phi) is 3.81. The first kappa shape index (κ1) is 12.0. The SMILES string of the molecule is [c]1ccc(CN2CCC2)cc1NC1CCOCC1. The predicted octanol–water partition coefficient (Wildman–Crippen LogP) is 2.28. The average molecular weight is 245 g/mol.